The first-order valence-corrected chi connectivity index (χ1v) is 10.1. The number of fused-ring (bicyclic) bond motifs is 1. The van der Waals surface area contributed by atoms with Crippen molar-refractivity contribution >= 4 is 28.7 Å². The number of hydrogen-bond donors (Lipinski definition) is 0. The number of para-hydroxylation sites is 2. The van der Waals surface area contributed by atoms with Gasteiger partial charge in [0.05, 0.1) is 23.4 Å². The number of methoxy groups -OCH3 is 1. The smallest absolute Gasteiger partial charge is 0.235 e. The number of rotatable bonds is 5. The van der Waals surface area contributed by atoms with Crippen molar-refractivity contribution in [2.24, 2.45) is 0 Å². The van der Waals surface area contributed by atoms with E-state index in [9.17, 15) is 4.79 Å². The summed E-state index contributed by atoms with van der Waals surface area (Å²) in [6.45, 7) is 3.72. The second-order valence-corrected chi connectivity index (χ2v) is 8.02. The molecule has 0 N–H and O–H groups in total. The van der Waals surface area contributed by atoms with Crippen LogP contribution < -0.4 is 4.74 Å². The summed E-state index contributed by atoms with van der Waals surface area (Å²) in [6, 6.07) is 16.0. The van der Waals surface area contributed by atoms with Crippen molar-refractivity contribution in [3.63, 3.8) is 0 Å². The summed E-state index contributed by atoms with van der Waals surface area (Å²) in [5.41, 5.74) is 2.97. The number of nitrogens with zero attached hydrogens (tertiary/aromatic N) is 3. The summed E-state index contributed by atoms with van der Waals surface area (Å²) in [5, 5.41) is 0.665. The third kappa shape index (κ3) is 3.54. The molecule has 0 unspecified atom stereocenters. The lowest BCUT2D eigenvalue weighted by Gasteiger charge is -2.20. The minimum Gasteiger partial charge on any atom is -0.497 e. The molecule has 2 aromatic carbocycles. The monoisotopic (exact) mass is 381 g/mol. The normalized spacial score (nSPS) is 15.3. The summed E-state index contributed by atoms with van der Waals surface area (Å²) < 4.78 is 7.40. The fraction of sp³-hybridized carbons (Fsp3) is 0.333. The highest BCUT2D eigenvalue weighted by Gasteiger charge is 2.26. The lowest BCUT2D eigenvalue weighted by atomic mass is 10.2. The van der Waals surface area contributed by atoms with Crippen LogP contribution >= 0.6 is 11.8 Å². The van der Waals surface area contributed by atoms with Crippen molar-refractivity contribution < 1.29 is 9.53 Å². The first-order valence-electron chi connectivity index (χ1n) is 9.25. The van der Waals surface area contributed by atoms with Gasteiger partial charge >= 0.3 is 0 Å². The molecule has 1 saturated heterocycles. The van der Waals surface area contributed by atoms with E-state index in [1.165, 1.54) is 11.8 Å². The Labute approximate surface area is 163 Å². The molecule has 0 radical (unpaired) electrons. The van der Waals surface area contributed by atoms with E-state index in [4.69, 9.17) is 9.72 Å². The molecule has 1 aliphatic rings. The predicted octanol–water partition coefficient (Wildman–Crippen LogP) is 4.14. The van der Waals surface area contributed by atoms with E-state index < -0.39 is 0 Å². The molecular formula is C21H23N3O2S. The molecule has 1 aromatic heterocycles. The second kappa shape index (κ2) is 7.64. The number of hydrogen-bond acceptors (Lipinski definition) is 4. The van der Waals surface area contributed by atoms with Gasteiger partial charge in [0.1, 0.15) is 5.75 Å². The molecule has 0 saturated carbocycles. The van der Waals surface area contributed by atoms with Gasteiger partial charge in [0.2, 0.25) is 5.91 Å². The number of thioether (sulfide) groups is 1. The lowest BCUT2D eigenvalue weighted by molar-refractivity contribution is -0.129. The number of carbonyl (C=O) groups excluding carboxylic acids is 1. The van der Waals surface area contributed by atoms with E-state index in [2.05, 4.69) is 10.6 Å². The maximum Gasteiger partial charge on any atom is 0.235 e. The zero-order valence-electron chi connectivity index (χ0n) is 15.6. The quantitative estimate of drug-likeness (QED) is 0.623. The standard InChI is InChI=1S/C21H23N3O2S/c1-15(20(25)23-13-5-6-14-23)27-21-22-18-7-3-4-8-19(18)24(21)16-9-11-17(26-2)12-10-16/h3-4,7-12,15H,5-6,13-14H2,1-2H3/t15-/m0/s1. The molecule has 1 amide bonds. The number of aromatic nitrogens is 2. The van der Waals surface area contributed by atoms with Crippen LogP contribution in [0.2, 0.25) is 0 Å². The van der Waals surface area contributed by atoms with Crippen LogP contribution in [0.15, 0.2) is 53.7 Å². The highest BCUT2D eigenvalue weighted by Crippen LogP contribution is 2.32. The Kier molecular flexibility index (Phi) is 5.07. The molecule has 1 fully saturated rings. The molecule has 0 aliphatic carbocycles. The lowest BCUT2D eigenvalue weighted by Crippen LogP contribution is -2.34. The molecule has 4 rings (SSSR count). The van der Waals surface area contributed by atoms with E-state index in [0.29, 0.717) is 0 Å². The Balaban J connectivity index is 1.70. The van der Waals surface area contributed by atoms with Gasteiger partial charge in [-0.05, 0) is 56.2 Å². The van der Waals surface area contributed by atoms with Gasteiger partial charge in [-0.2, -0.15) is 0 Å². The van der Waals surface area contributed by atoms with Crippen molar-refractivity contribution in [3.8, 4) is 11.4 Å². The molecule has 5 nitrogen and oxygen atoms in total. The number of amides is 1. The molecule has 27 heavy (non-hydrogen) atoms. The van der Waals surface area contributed by atoms with Gasteiger partial charge in [0.25, 0.3) is 0 Å². The number of ether oxygens (including phenoxy) is 1. The van der Waals surface area contributed by atoms with E-state index in [-0.39, 0.29) is 11.2 Å². The average molecular weight is 382 g/mol. The predicted molar refractivity (Wildman–Crippen MR) is 109 cm³/mol. The largest absolute Gasteiger partial charge is 0.497 e. The summed E-state index contributed by atoms with van der Waals surface area (Å²) in [6.07, 6.45) is 2.21. The van der Waals surface area contributed by atoms with Crippen LogP contribution in [-0.4, -0.2) is 45.8 Å². The fourth-order valence-electron chi connectivity index (χ4n) is 3.47. The Morgan fingerprint density at radius 3 is 2.52 bits per heavy atom. The minimum atomic E-state index is -0.170. The van der Waals surface area contributed by atoms with Crippen LogP contribution in [0.1, 0.15) is 19.8 Å². The fourth-order valence-corrected chi connectivity index (χ4v) is 4.49. The number of likely N-dealkylation sites (tertiary alicyclic amines) is 1. The van der Waals surface area contributed by atoms with Crippen LogP contribution in [0.4, 0.5) is 0 Å². The average Bonchev–Trinajstić information content (AvgIpc) is 3.35. The Morgan fingerprint density at radius 1 is 1.11 bits per heavy atom. The molecule has 6 heteroatoms. The summed E-state index contributed by atoms with van der Waals surface area (Å²) >= 11 is 1.53. The van der Waals surface area contributed by atoms with E-state index >= 15 is 0 Å². The minimum absolute atomic E-state index is 0.170. The van der Waals surface area contributed by atoms with Crippen LogP contribution in [0.3, 0.4) is 0 Å². The van der Waals surface area contributed by atoms with Gasteiger partial charge in [-0.25, -0.2) is 4.98 Å². The van der Waals surface area contributed by atoms with Crippen LogP contribution in [0, 0.1) is 0 Å². The van der Waals surface area contributed by atoms with Crippen molar-refractivity contribution in [1.82, 2.24) is 14.5 Å². The third-order valence-electron chi connectivity index (χ3n) is 4.91. The molecule has 140 valence electrons. The SMILES string of the molecule is COc1ccc(-n2c(S[C@@H](C)C(=O)N3CCCC3)nc3ccccc32)cc1. The molecule has 0 spiro atoms. The number of imidazole rings is 1. The number of carbonyl (C=O) groups is 1. The summed E-state index contributed by atoms with van der Waals surface area (Å²) in [5.74, 6) is 1.01. The zero-order chi connectivity index (χ0) is 18.8. The maximum absolute atomic E-state index is 12.7. The highest BCUT2D eigenvalue weighted by molar-refractivity contribution is 8.00. The van der Waals surface area contributed by atoms with Crippen LogP contribution in [-0.2, 0) is 4.79 Å². The highest BCUT2D eigenvalue weighted by atomic mass is 32.2. The van der Waals surface area contributed by atoms with Crippen molar-refractivity contribution in [1.29, 1.82) is 0 Å². The topological polar surface area (TPSA) is 47.4 Å². The van der Waals surface area contributed by atoms with E-state index in [1.807, 2.05) is 54.3 Å². The molecule has 3 aromatic rings. The Morgan fingerprint density at radius 2 is 1.81 bits per heavy atom. The molecular weight excluding hydrogens is 358 g/mol. The van der Waals surface area contributed by atoms with E-state index in [1.54, 1.807) is 7.11 Å². The molecule has 0 bridgehead atoms. The van der Waals surface area contributed by atoms with Gasteiger partial charge in [-0.15, -0.1) is 0 Å². The maximum atomic E-state index is 12.7. The number of benzene rings is 2. The van der Waals surface area contributed by atoms with Crippen LogP contribution in [0.5, 0.6) is 5.75 Å². The third-order valence-corrected chi connectivity index (χ3v) is 5.95. The zero-order valence-corrected chi connectivity index (χ0v) is 16.4. The van der Waals surface area contributed by atoms with Gasteiger partial charge < -0.3 is 9.64 Å². The van der Waals surface area contributed by atoms with Crippen molar-refractivity contribution in [2.75, 3.05) is 20.2 Å². The Hall–Kier alpha value is -2.47. The van der Waals surface area contributed by atoms with Gasteiger partial charge in [-0.1, -0.05) is 23.9 Å². The first kappa shape index (κ1) is 17.9. The second-order valence-electron chi connectivity index (χ2n) is 6.71. The van der Waals surface area contributed by atoms with Crippen molar-refractivity contribution in [2.45, 2.75) is 30.2 Å². The first-order chi connectivity index (χ1) is 13.2. The van der Waals surface area contributed by atoms with Gasteiger partial charge in [0.15, 0.2) is 5.16 Å². The van der Waals surface area contributed by atoms with Gasteiger partial charge in [0, 0.05) is 18.8 Å². The van der Waals surface area contributed by atoms with E-state index in [0.717, 1.165) is 53.6 Å². The summed E-state index contributed by atoms with van der Waals surface area (Å²) in [4.78, 5) is 19.5. The summed E-state index contributed by atoms with van der Waals surface area (Å²) in [7, 11) is 1.66. The Bertz CT molecular complexity index is 946. The van der Waals surface area contributed by atoms with Crippen LogP contribution in [0.25, 0.3) is 16.7 Å². The molecule has 1 atom stereocenters. The molecule has 2 heterocycles. The van der Waals surface area contributed by atoms with Gasteiger partial charge in [-0.3, -0.25) is 9.36 Å². The molecule has 1 aliphatic heterocycles. The van der Waals surface area contributed by atoms with Crippen molar-refractivity contribution in [3.05, 3.63) is 48.5 Å².